The molecule has 3 nitrogen and oxygen atoms in total. The van der Waals surface area contributed by atoms with E-state index in [1.165, 1.54) is 0 Å². The van der Waals surface area contributed by atoms with E-state index in [1.54, 1.807) is 13.2 Å². The van der Waals surface area contributed by atoms with E-state index in [0.717, 1.165) is 47.0 Å². The van der Waals surface area contributed by atoms with Crippen molar-refractivity contribution < 1.29 is 9.53 Å². The third-order valence-corrected chi connectivity index (χ3v) is 4.72. The number of benzene rings is 1. The van der Waals surface area contributed by atoms with Crippen LogP contribution in [-0.2, 0) is 15.7 Å². The highest BCUT2D eigenvalue weighted by molar-refractivity contribution is 9.10. The van der Waals surface area contributed by atoms with Crippen LogP contribution in [0, 0.1) is 0 Å². The first-order valence-corrected chi connectivity index (χ1v) is 8.11. The second-order valence-corrected chi connectivity index (χ2v) is 7.64. The summed E-state index contributed by atoms with van der Waals surface area (Å²) in [4.78, 5) is 15.2. The largest absolute Gasteiger partial charge is 0.496 e. The minimum absolute atomic E-state index is 0.0471. The molecule has 0 saturated heterocycles. The Labute approximate surface area is 134 Å². The van der Waals surface area contributed by atoms with E-state index in [2.05, 4.69) is 47.8 Å². The molecule has 2 rings (SSSR count). The molecule has 0 atom stereocenters. The van der Waals surface area contributed by atoms with E-state index in [-0.39, 0.29) is 5.41 Å². The standard InChI is InChI=1S/C17H22BrNO2/c1-16(2,3)13-9-12(18)10-14(15(13)21-4)17(19-11-20)7-5-6-8-17/h9-10H,5-8H2,1-4H3. The van der Waals surface area contributed by atoms with Gasteiger partial charge in [0, 0.05) is 15.6 Å². The summed E-state index contributed by atoms with van der Waals surface area (Å²) < 4.78 is 6.73. The molecule has 0 amide bonds. The summed E-state index contributed by atoms with van der Waals surface area (Å²) in [5.41, 5.74) is 1.61. The van der Waals surface area contributed by atoms with Crippen molar-refractivity contribution in [2.45, 2.75) is 57.4 Å². The molecular weight excluding hydrogens is 330 g/mol. The number of rotatable bonds is 3. The monoisotopic (exact) mass is 351 g/mol. The molecule has 4 heteroatoms. The number of halogens is 1. The van der Waals surface area contributed by atoms with Gasteiger partial charge in [-0.15, -0.1) is 0 Å². The van der Waals surface area contributed by atoms with Crippen molar-refractivity contribution in [2.75, 3.05) is 7.11 Å². The zero-order valence-corrected chi connectivity index (χ0v) is 14.7. The summed E-state index contributed by atoms with van der Waals surface area (Å²) in [5.74, 6) is 0.853. The number of hydrogen-bond donors (Lipinski definition) is 0. The van der Waals surface area contributed by atoms with Crippen molar-refractivity contribution in [3.05, 3.63) is 27.7 Å². The fourth-order valence-corrected chi connectivity index (χ4v) is 3.66. The summed E-state index contributed by atoms with van der Waals surface area (Å²) in [6.07, 6.45) is 5.68. The lowest BCUT2D eigenvalue weighted by atomic mass is 9.80. The number of isocyanates is 1. The number of methoxy groups -OCH3 is 1. The van der Waals surface area contributed by atoms with E-state index in [4.69, 9.17) is 4.74 Å². The average molecular weight is 352 g/mol. The Hall–Kier alpha value is -1.12. The average Bonchev–Trinajstić information content (AvgIpc) is 2.87. The minimum Gasteiger partial charge on any atom is -0.496 e. The van der Waals surface area contributed by atoms with Gasteiger partial charge in [-0.05, 0) is 30.4 Å². The topological polar surface area (TPSA) is 38.7 Å². The number of hydrogen-bond acceptors (Lipinski definition) is 3. The third kappa shape index (κ3) is 3.07. The van der Waals surface area contributed by atoms with Gasteiger partial charge in [-0.3, -0.25) is 0 Å². The highest BCUT2D eigenvalue weighted by Gasteiger charge is 2.39. The molecule has 0 aromatic heterocycles. The summed E-state index contributed by atoms with van der Waals surface area (Å²) in [6, 6.07) is 4.13. The predicted molar refractivity (Wildman–Crippen MR) is 87.7 cm³/mol. The molecule has 1 aliphatic carbocycles. The normalized spacial score (nSPS) is 17.4. The van der Waals surface area contributed by atoms with Gasteiger partial charge in [0.25, 0.3) is 0 Å². The Balaban J connectivity index is 2.73. The molecule has 0 aliphatic heterocycles. The van der Waals surface area contributed by atoms with Crippen molar-refractivity contribution in [2.24, 2.45) is 4.99 Å². The number of aliphatic imine (C=N–C) groups is 1. The van der Waals surface area contributed by atoms with E-state index in [1.807, 2.05) is 6.07 Å². The first-order chi connectivity index (χ1) is 9.84. The molecule has 114 valence electrons. The van der Waals surface area contributed by atoms with Crippen LogP contribution in [0.25, 0.3) is 0 Å². The molecule has 1 aliphatic rings. The molecule has 1 aromatic rings. The Kier molecular flexibility index (Phi) is 4.60. The molecule has 0 bridgehead atoms. The smallest absolute Gasteiger partial charge is 0.235 e. The molecule has 0 heterocycles. The molecule has 21 heavy (non-hydrogen) atoms. The van der Waals surface area contributed by atoms with Crippen LogP contribution in [0.2, 0.25) is 0 Å². The molecule has 0 spiro atoms. The summed E-state index contributed by atoms with van der Waals surface area (Å²) in [7, 11) is 1.69. The highest BCUT2D eigenvalue weighted by Crippen LogP contribution is 2.49. The fourth-order valence-electron chi connectivity index (χ4n) is 3.20. The third-order valence-electron chi connectivity index (χ3n) is 4.26. The Bertz CT molecular complexity index is 577. The minimum atomic E-state index is -0.475. The van der Waals surface area contributed by atoms with Gasteiger partial charge in [-0.1, -0.05) is 49.5 Å². The highest BCUT2D eigenvalue weighted by atomic mass is 79.9. The van der Waals surface area contributed by atoms with Crippen LogP contribution in [-0.4, -0.2) is 13.2 Å². The van der Waals surface area contributed by atoms with Crippen LogP contribution in [0.15, 0.2) is 21.6 Å². The molecule has 1 aromatic carbocycles. The van der Waals surface area contributed by atoms with E-state index in [0.29, 0.717) is 0 Å². The summed E-state index contributed by atoms with van der Waals surface area (Å²) >= 11 is 3.60. The zero-order valence-electron chi connectivity index (χ0n) is 13.1. The number of carbonyl (C=O) groups excluding carboxylic acids is 1. The van der Waals surface area contributed by atoms with Gasteiger partial charge in [0.1, 0.15) is 11.3 Å². The Morgan fingerprint density at radius 1 is 1.29 bits per heavy atom. The van der Waals surface area contributed by atoms with Gasteiger partial charge < -0.3 is 4.74 Å². The van der Waals surface area contributed by atoms with Crippen molar-refractivity contribution >= 4 is 22.0 Å². The van der Waals surface area contributed by atoms with Crippen molar-refractivity contribution in [1.29, 1.82) is 0 Å². The van der Waals surface area contributed by atoms with Gasteiger partial charge in [0.2, 0.25) is 6.08 Å². The van der Waals surface area contributed by atoms with Crippen LogP contribution in [0.5, 0.6) is 5.75 Å². The quantitative estimate of drug-likeness (QED) is 0.576. The lowest BCUT2D eigenvalue weighted by Crippen LogP contribution is -2.23. The molecule has 1 fully saturated rings. The van der Waals surface area contributed by atoms with Crippen LogP contribution >= 0.6 is 15.9 Å². The molecule has 0 radical (unpaired) electrons. The molecule has 1 saturated carbocycles. The van der Waals surface area contributed by atoms with Crippen LogP contribution < -0.4 is 4.74 Å². The van der Waals surface area contributed by atoms with Gasteiger partial charge >= 0.3 is 0 Å². The molecule has 0 unspecified atom stereocenters. The van der Waals surface area contributed by atoms with E-state index >= 15 is 0 Å². The second-order valence-electron chi connectivity index (χ2n) is 6.73. The number of nitrogens with zero attached hydrogens (tertiary/aromatic N) is 1. The van der Waals surface area contributed by atoms with Crippen LogP contribution in [0.1, 0.15) is 57.6 Å². The van der Waals surface area contributed by atoms with Crippen molar-refractivity contribution in [3.63, 3.8) is 0 Å². The maximum Gasteiger partial charge on any atom is 0.235 e. The van der Waals surface area contributed by atoms with Crippen LogP contribution in [0.4, 0.5) is 0 Å². The maximum atomic E-state index is 11.0. The second kappa shape index (κ2) is 5.94. The zero-order chi connectivity index (χ0) is 15.7. The Morgan fingerprint density at radius 3 is 2.38 bits per heavy atom. The summed E-state index contributed by atoms with van der Waals surface area (Å²) in [6.45, 7) is 6.47. The summed E-state index contributed by atoms with van der Waals surface area (Å²) in [5, 5.41) is 0. The lowest BCUT2D eigenvalue weighted by Gasteiger charge is -2.30. The number of ether oxygens (including phenoxy) is 1. The van der Waals surface area contributed by atoms with Gasteiger partial charge in [0.15, 0.2) is 0 Å². The fraction of sp³-hybridized carbons (Fsp3) is 0.588. The maximum absolute atomic E-state index is 11.0. The van der Waals surface area contributed by atoms with Crippen LogP contribution in [0.3, 0.4) is 0 Å². The van der Waals surface area contributed by atoms with Gasteiger partial charge in [0.05, 0.1) is 7.11 Å². The van der Waals surface area contributed by atoms with E-state index in [9.17, 15) is 4.79 Å². The van der Waals surface area contributed by atoms with Crippen molar-refractivity contribution in [3.8, 4) is 5.75 Å². The van der Waals surface area contributed by atoms with Gasteiger partial charge in [-0.25, -0.2) is 4.79 Å². The molecular formula is C17H22BrNO2. The van der Waals surface area contributed by atoms with Crippen molar-refractivity contribution in [1.82, 2.24) is 0 Å². The Morgan fingerprint density at radius 2 is 1.90 bits per heavy atom. The first-order valence-electron chi connectivity index (χ1n) is 7.31. The van der Waals surface area contributed by atoms with Gasteiger partial charge in [-0.2, -0.15) is 4.99 Å². The van der Waals surface area contributed by atoms with E-state index < -0.39 is 5.54 Å². The first kappa shape index (κ1) is 16.3. The SMILES string of the molecule is COc1c(C(C)(C)C)cc(Br)cc1C1(N=C=O)CCCC1. The molecule has 0 N–H and O–H groups in total. The predicted octanol–water partition coefficient (Wildman–Crippen LogP) is 4.86. The lowest BCUT2D eigenvalue weighted by molar-refractivity contribution is 0.366.